The minimum atomic E-state index is -0.239. The van der Waals surface area contributed by atoms with Gasteiger partial charge in [0, 0.05) is 25.4 Å². The number of primary amides is 1. The van der Waals surface area contributed by atoms with Gasteiger partial charge in [-0.25, -0.2) is 0 Å². The lowest BCUT2D eigenvalue weighted by molar-refractivity contribution is -0.134. The molecular formula is C16H22N2O2. The van der Waals surface area contributed by atoms with Crippen LogP contribution in [0.4, 0.5) is 0 Å². The van der Waals surface area contributed by atoms with E-state index in [9.17, 15) is 9.59 Å². The molecule has 1 fully saturated rings. The zero-order valence-corrected chi connectivity index (χ0v) is 12.0. The van der Waals surface area contributed by atoms with Gasteiger partial charge in [0.15, 0.2) is 0 Å². The highest BCUT2D eigenvalue weighted by molar-refractivity contribution is 5.79. The highest BCUT2D eigenvalue weighted by Crippen LogP contribution is 2.17. The summed E-state index contributed by atoms with van der Waals surface area (Å²) in [6, 6.07) is 8.28. The van der Waals surface area contributed by atoms with Crippen molar-refractivity contribution >= 4 is 11.8 Å². The average Bonchev–Trinajstić information content (AvgIpc) is 2.46. The van der Waals surface area contributed by atoms with Crippen LogP contribution >= 0.6 is 0 Å². The lowest BCUT2D eigenvalue weighted by Gasteiger charge is -2.30. The summed E-state index contributed by atoms with van der Waals surface area (Å²) >= 11 is 0. The minimum Gasteiger partial charge on any atom is -0.369 e. The van der Waals surface area contributed by atoms with Gasteiger partial charge < -0.3 is 10.6 Å². The van der Waals surface area contributed by atoms with E-state index < -0.39 is 0 Å². The van der Waals surface area contributed by atoms with Gasteiger partial charge in [0.1, 0.15) is 0 Å². The molecule has 0 saturated carbocycles. The third-order valence-corrected chi connectivity index (χ3v) is 4.00. The number of piperidine rings is 1. The van der Waals surface area contributed by atoms with Crippen LogP contribution in [-0.4, -0.2) is 29.8 Å². The quantitative estimate of drug-likeness (QED) is 0.907. The number of nitrogens with two attached hydrogens (primary N) is 1. The molecule has 0 aromatic heterocycles. The van der Waals surface area contributed by atoms with Gasteiger partial charge in [0.05, 0.1) is 0 Å². The summed E-state index contributed by atoms with van der Waals surface area (Å²) < 4.78 is 0. The van der Waals surface area contributed by atoms with Crippen LogP contribution in [0.5, 0.6) is 0 Å². The molecular weight excluding hydrogens is 252 g/mol. The predicted octanol–water partition coefficient (Wildman–Crippen LogP) is 1.65. The largest absolute Gasteiger partial charge is 0.369 e. The second-order valence-electron chi connectivity index (χ2n) is 5.54. The molecule has 1 saturated heterocycles. The molecule has 4 heteroatoms. The molecule has 1 heterocycles. The van der Waals surface area contributed by atoms with Crippen LogP contribution < -0.4 is 5.73 Å². The standard InChI is InChI=1S/C16H22N2O2/c1-12-2-4-13(5-3-12)6-7-15(19)18-10-8-14(9-11-18)16(17)20/h2-5,14H,6-11H2,1H3,(H2,17,20). The Balaban J connectivity index is 1.78. The van der Waals surface area contributed by atoms with Crippen molar-refractivity contribution in [2.24, 2.45) is 11.7 Å². The Labute approximate surface area is 119 Å². The Kier molecular flexibility index (Phi) is 4.77. The number of hydrogen-bond acceptors (Lipinski definition) is 2. The maximum Gasteiger partial charge on any atom is 0.222 e. The summed E-state index contributed by atoms with van der Waals surface area (Å²) in [7, 11) is 0. The fraction of sp³-hybridized carbons (Fsp3) is 0.500. The number of carbonyl (C=O) groups is 2. The molecule has 0 aliphatic carbocycles. The number of aryl methyl sites for hydroxylation is 2. The zero-order valence-electron chi connectivity index (χ0n) is 12.0. The SMILES string of the molecule is Cc1ccc(CCC(=O)N2CCC(C(N)=O)CC2)cc1. The molecule has 2 rings (SSSR count). The Morgan fingerprint density at radius 2 is 1.80 bits per heavy atom. The molecule has 2 N–H and O–H groups in total. The molecule has 4 nitrogen and oxygen atoms in total. The second kappa shape index (κ2) is 6.55. The van der Waals surface area contributed by atoms with Gasteiger partial charge >= 0.3 is 0 Å². The van der Waals surface area contributed by atoms with Crippen molar-refractivity contribution < 1.29 is 9.59 Å². The Hall–Kier alpha value is -1.84. The van der Waals surface area contributed by atoms with Crippen LogP contribution in [0, 0.1) is 12.8 Å². The van der Waals surface area contributed by atoms with E-state index in [1.54, 1.807) is 0 Å². The van der Waals surface area contributed by atoms with Crippen molar-refractivity contribution in [3.63, 3.8) is 0 Å². The first kappa shape index (κ1) is 14.6. The molecule has 1 aromatic carbocycles. The van der Waals surface area contributed by atoms with E-state index in [4.69, 9.17) is 5.73 Å². The Bertz CT molecular complexity index is 474. The first-order valence-corrected chi connectivity index (χ1v) is 7.19. The first-order chi connectivity index (χ1) is 9.56. The number of amides is 2. The van der Waals surface area contributed by atoms with E-state index in [-0.39, 0.29) is 17.7 Å². The summed E-state index contributed by atoms with van der Waals surface area (Å²) in [5.74, 6) is -0.124. The number of likely N-dealkylation sites (tertiary alicyclic amines) is 1. The van der Waals surface area contributed by atoms with Crippen molar-refractivity contribution in [1.29, 1.82) is 0 Å². The lowest BCUT2D eigenvalue weighted by Crippen LogP contribution is -2.41. The van der Waals surface area contributed by atoms with Crippen molar-refractivity contribution in [2.45, 2.75) is 32.6 Å². The van der Waals surface area contributed by atoms with E-state index in [2.05, 4.69) is 31.2 Å². The fourth-order valence-electron chi connectivity index (χ4n) is 2.58. The van der Waals surface area contributed by atoms with Crippen LogP contribution in [0.25, 0.3) is 0 Å². The molecule has 0 atom stereocenters. The highest BCUT2D eigenvalue weighted by Gasteiger charge is 2.25. The van der Waals surface area contributed by atoms with Gasteiger partial charge in [-0.3, -0.25) is 9.59 Å². The number of hydrogen-bond donors (Lipinski definition) is 1. The fourth-order valence-corrected chi connectivity index (χ4v) is 2.58. The summed E-state index contributed by atoms with van der Waals surface area (Å²) in [6.45, 7) is 3.36. The van der Waals surface area contributed by atoms with Gasteiger partial charge in [0.25, 0.3) is 0 Å². The number of nitrogens with zero attached hydrogens (tertiary/aromatic N) is 1. The van der Waals surface area contributed by atoms with Crippen LogP contribution in [0.3, 0.4) is 0 Å². The molecule has 0 bridgehead atoms. The Morgan fingerprint density at radius 3 is 2.35 bits per heavy atom. The number of benzene rings is 1. The van der Waals surface area contributed by atoms with Gasteiger partial charge in [0.2, 0.25) is 11.8 Å². The average molecular weight is 274 g/mol. The molecule has 1 aromatic rings. The minimum absolute atomic E-state index is 0.0591. The molecule has 108 valence electrons. The summed E-state index contributed by atoms with van der Waals surface area (Å²) in [6.07, 6.45) is 2.70. The molecule has 1 aliphatic rings. The van der Waals surface area contributed by atoms with Crippen molar-refractivity contribution in [1.82, 2.24) is 4.90 Å². The molecule has 0 unspecified atom stereocenters. The van der Waals surface area contributed by atoms with Gasteiger partial charge in [-0.1, -0.05) is 29.8 Å². The highest BCUT2D eigenvalue weighted by atomic mass is 16.2. The lowest BCUT2D eigenvalue weighted by atomic mass is 9.96. The van der Waals surface area contributed by atoms with Crippen molar-refractivity contribution in [3.8, 4) is 0 Å². The normalized spacial score (nSPS) is 16.1. The Morgan fingerprint density at radius 1 is 1.20 bits per heavy atom. The number of carbonyl (C=O) groups excluding carboxylic acids is 2. The number of rotatable bonds is 4. The molecule has 20 heavy (non-hydrogen) atoms. The van der Waals surface area contributed by atoms with E-state index in [0.29, 0.717) is 32.4 Å². The molecule has 0 spiro atoms. The van der Waals surface area contributed by atoms with Gasteiger partial charge in [-0.15, -0.1) is 0 Å². The van der Waals surface area contributed by atoms with Crippen molar-refractivity contribution in [2.75, 3.05) is 13.1 Å². The van der Waals surface area contributed by atoms with Crippen LogP contribution in [-0.2, 0) is 16.0 Å². The van der Waals surface area contributed by atoms with E-state index in [0.717, 1.165) is 6.42 Å². The monoisotopic (exact) mass is 274 g/mol. The summed E-state index contributed by atoms with van der Waals surface area (Å²) in [5.41, 5.74) is 7.71. The van der Waals surface area contributed by atoms with Gasteiger partial charge in [-0.2, -0.15) is 0 Å². The van der Waals surface area contributed by atoms with E-state index >= 15 is 0 Å². The summed E-state index contributed by atoms with van der Waals surface area (Å²) in [4.78, 5) is 25.1. The second-order valence-corrected chi connectivity index (χ2v) is 5.54. The first-order valence-electron chi connectivity index (χ1n) is 7.19. The molecule has 0 radical (unpaired) electrons. The van der Waals surface area contributed by atoms with E-state index in [1.165, 1.54) is 11.1 Å². The maximum atomic E-state index is 12.1. The summed E-state index contributed by atoms with van der Waals surface area (Å²) in [5, 5.41) is 0. The van der Waals surface area contributed by atoms with Crippen molar-refractivity contribution in [3.05, 3.63) is 35.4 Å². The van der Waals surface area contributed by atoms with Crippen LogP contribution in [0.2, 0.25) is 0 Å². The third-order valence-electron chi connectivity index (χ3n) is 4.00. The van der Waals surface area contributed by atoms with Crippen LogP contribution in [0.1, 0.15) is 30.4 Å². The molecule has 1 aliphatic heterocycles. The smallest absolute Gasteiger partial charge is 0.222 e. The topological polar surface area (TPSA) is 63.4 Å². The maximum absolute atomic E-state index is 12.1. The predicted molar refractivity (Wildman–Crippen MR) is 78.0 cm³/mol. The molecule has 2 amide bonds. The van der Waals surface area contributed by atoms with Crippen LogP contribution in [0.15, 0.2) is 24.3 Å². The third kappa shape index (κ3) is 3.83. The zero-order chi connectivity index (χ0) is 14.5. The van der Waals surface area contributed by atoms with Gasteiger partial charge in [-0.05, 0) is 31.7 Å². The van der Waals surface area contributed by atoms with E-state index in [1.807, 2.05) is 4.90 Å².